The van der Waals surface area contributed by atoms with Gasteiger partial charge < -0.3 is 4.90 Å². The zero-order valence-corrected chi connectivity index (χ0v) is 14.8. The van der Waals surface area contributed by atoms with Crippen molar-refractivity contribution in [1.82, 2.24) is 19.6 Å². The van der Waals surface area contributed by atoms with Crippen molar-refractivity contribution in [1.29, 1.82) is 0 Å². The second-order valence-electron chi connectivity index (χ2n) is 6.45. The predicted molar refractivity (Wildman–Crippen MR) is 84.5 cm³/mol. The Morgan fingerprint density at radius 3 is 2.42 bits per heavy atom. The lowest BCUT2D eigenvalue weighted by atomic mass is 9.93. The average molecular weight is 367 g/mol. The summed E-state index contributed by atoms with van der Waals surface area (Å²) in [5.41, 5.74) is -0.894. The maximum absolute atomic E-state index is 13.1. The first-order valence-corrected chi connectivity index (χ1v) is 8.18. The van der Waals surface area contributed by atoms with Gasteiger partial charge in [0, 0.05) is 39.7 Å². The predicted octanol–water partition coefficient (Wildman–Crippen LogP) is 2.78. The third kappa shape index (κ3) is 4.42. The molecule has 1 aliphatic rings. The number of hydrogen-bond donors (Lipinski definition) is 0. The van der Waals surface area contributed by atoms with Gasteiger partial charge in [0.05, 0.1) is 0 Å². The van der Waals surface area contributed by atoms with Crippen LogP contribution >= 0.6 is 11.6 Å². The number of aromatic nitrogens is 2. The summed E-state index contributed by atoms with van der Waals surface area (Å²) in [7, 11) is 4.85. The number of halogens is 4. The molecule has 0 aliphatic carbocycles. The Bertz CT molecular complexity index is 592. The van der Waals surface area contributed by atoms with Crippen molar-refractivity contribution in [3.63, 3.8) is 0 Å². The highest BCUT2D eigenvalue weighted by molar-refractivity contribution is 6.30. The molecule has 1 saturated heterocycles. The van der Waals surface area contributed by atoms with E-state index in [4.69, 9.17) is 11.6 Å². The number of likely N-dealkylation sites (tertiary alicyclic amines) is 1. The molecule has 0 spiro atoms. The molecular weight excluding hydrogens is 345 g/mol. The number of rotatable bonds is 4. The molecule has 1 aromatic rings. The van der Waals surface area contributed by atoms with Gasteiger partial charge in [0.2, 0.25) is 5.91 Å². The van der Waals surface area contributed by atoms with Crippen LogP contribution in [0.3, 0.4) is 0 Å². The Labute approximate surface area is 144 Å². The van der Waals surface area contributed by atoms with Gasteiger partial charge in [0.1, 0.15) is 5.15 Å². The Kier molecular flexibility index (Phi) is 5.80. The number of hydrogen-bond acceptors (Lipinski definition) is 3. The number of carbonyl (C=O) groups is 1. The highest BCUT2D eigenvalue weighted by Crippen LogP contribution is 2.35. The fourth-order valence-electron chi connectivity index (χ4n) is 2.92. The molecule has 1 amide bonds. The van der Waals surface area contributed by atoms with E-state index in [2.05, 4.69) is 5.10 Å². The van der Waals surface area contributed by atoms with Crippen LogP contribution in [0.15, 0.2) is 0 Å². The second kappa shape index (κ2) is 7.31. The lowest BCUT2D eigenvalue weighted by molar-refractivity contribution is -0.142. The van der Waals surface area contributed by atoms with Crippen LogP contribution in [0.4, 0.5) is 13.2 Å². The highest BCUT2D eigenvalue weighted by atomic mass is 35.5. The van der Waals surface area contributed by atoms with Gasteiger partial charge in [-0.05, 0) is 31.8 Å². The van der Waals surface area contributed by atoms with E-state index in [9.17, 15) is 18.0 Å². The van der Waals surface area contributed by atoms with Crippen molar-refractivity contribution in [2.45, 2.75) is 32.0 Å². The van der Waals surface area contributed by atoms with Gasteiger partial charge in [-0.25, -0.2) is 0 Å². The van der Waals surface area contributed by atoms with Crippen LogP contribution in [-0.2, 0) is 24.6 Å². The molecule has 5 nitrogen and oxygen atoms in total. The lowest BCUT2D eigenvalue weighted by Gasteiger charge is -2.32. The van der Waals surface area contributed by atoms with Crippen LogP contribution < -0.4 is 0 Å². The van der Waals surface area contributed by atoms with E-state index in [0.717, 1.165) is 17.5 Å². The van der Waals surface area contributed by atoms with Crippen LogP contribution in [0.5, 0.6) is 0 Å². The van der Waals surface area contributed by atoms with Gasteiger partial charge in [0.25, 0.3) is 0 Å². The molecular formula is C15H22ClF3N4O. The van der Waals surface area contributed by atoms with Crippen molar-refractivity contribution in [3.05, 3.63) is 16.4 Å². The molecule has 9 heteroatoms. The summed E-state index contributed by atoms with van der Waals surface area (Å²) in [6, 6.07) is 0. The maximum atomic E-state index is 13.1. The minimum Gasteiger partial charge on any atom is -0.349 e. The van der Waals surface area contributed by atoms with Gasteiger partial charge in [-0.2, -0.15) is 18.3 Å². The molecule has 0 saturated carbocycles. The van der Waals surface area contributed by atoms with Gasteiger partial charge in [-0.1, -0.05) is 11.6 Å². The van der Waals surface area contributed by atoms with E-state index in [1.165, 1.54) is 7.05 Å². The van der Waals surface area contributed by atoms with Crippen LogP contribution in [-0.4, -0.2) is 52.7 Å². The Morgan fingerprint density at radius 2 is 1.92 bits per heavy atom. The second-order valence-corrected chi connectivity index (χ2v) is 6.81. The first kappa shape index (κ1) is 19.1. The molecule has 0 radical (unpaired) electrons. The van der Waals surface area contributed by atoms with E-state index in [1.807, 2.05) is 4.90 Å². The average Bonchev–Trinajstić information content (AvgIpc) is 2.77. The molecule has 2 rings (SSSR count). The van der Waals surface area contributed by atoms with Crippen molar-refractivity contribution in [2.24, 2.45) is 13.0 Å². The molecule has 1 aliphatic heterocycles. The zero-order valence-electron chi connectivity index (χ0n) is 14.0. The van der Waals surface area contributed by atoms with E-state index < -0.39 is 11.9 Å². The van der Waals surface area contributed by atoms with Gasteiger partial charge >= 0.3 is 6.18 Å². The highest BCUT2D eigenvalue weighted by Gasteiger charge is 2.39. The van der Waals surface area contributed by atoms with Crippen LogP contribution in [0.1, 0.15) is 30.5 Å². The largest absolute Gasteiger partial charge is 0.435 e. The van der Waals surface area contributed by atoms with E-state index >= 15 is 0 Å². The molecule has 1 fully saturated rings. The fourth-order valence-corrected chi connectivity index (χ4v) is 3.10. The number of carbonyl (C=O) groups excluding carboxylic acids is 1. The van der Waals surface area contributed by atoms with E-state index in [1.54, 1.807) is 19.0 Å². The number of piperidine rings is 1. The van der Waals surface area contributed by atoms with Crippen molar-refractivity contribution in [2.75, 3.05) is 27.2 Å². The van der Waals surface area contributed by atoms with Gasteiger partial charge in [-0.3, -0.25) is 14.4 Å². The minimum absolute atomic E-state index is 0.0206. The summed E-state index contributed by atoms with van der Waals surface area (Å²) in [5.74, 6) is 0.366. The van der Waals surface area contributed by atoms with Gasteiger partial charge in [-0.15, -0.1) is 0 Å². The summed E-state index contributed by atoms with van der Waals surface area (Å²) in [4.78, 5) is 15.3. The first-order chi connectivity index (χ1) is 11.1. The quantitative estimate of drug-likeness (QED) is 0.822. The Morgan fingerprint density at radius 1 is 1.33 bits per heavy atom. The number of amides is 1. The maximum Gasteiger partial charge on any atom is 0.435 e. The van der Waals surface area contributed by atoms with Crippen molar-refractivity contribution >= 4 is 17.5 Å². The summed E-state index contributed by atoms with van der Waals surface area (Å²) < 4.78 is 40.3. The molecule has 0 aromatic carbocycles. The topological polar surface area (TPSA) is 41.4 Å². The van der Waals surface area contributed by atoms with Crippen LogP contribution in [0.2, 0.25) is 5.15 Å². The van der Waals surface area contributed by atoms with Gasteiger partial charge in [0.15, 0.2) is 5.69 Å². The monoisotopic (exact) mass is 366 g/mol. The molecule has 0 bridgehead atoms. The number of nitrogens with zero attached hydrogens (tertiary/aromatic N) is 4. The minimum atomic E-state index is -4.52. The fraction of sp³-hybridized carbons (Fsp3) is 0.733. The van der Waals surface area contributed by atoms with Crippen LogP contribution in [0, 0.1) is 5.92 Å². The standard InChI is InChI=1S/C15H22ClF3N4O/c1-21(2)12(24)8-10-4-6-23(7-5-10)9-11-13(15(17,18)19)20-22(3)14(11)16/h10H,4-9H2,1-3H3. The van der Waals surface area contributed by atoms with Crippen LogP contribution in [0.25, 0.3) is 0 Å². The number of alkyl halides is 3. The molecule has 0 N–H and O–H groups in total. The SMILES string of the molecule is CN(C)C(=O)CC1CCN(Cc2c(C(F)(F)F)nn(C)c2Cl)CC1. The smallest absolute Gasteiger partial charge is 0.349 e. The normalized spacial score (nSPS) is 17.3. The molecule has 2 heterocycles. The Balaban J connectivity index is 1.99. The number of aryl methyl sites for hydroxylation is 1. The van der Waals surface area contributed by atoms with Crippen molar-refractivity contribution < 1.29 is 18.0 Å². The third-order valence-corrected chi connectivity index (χ3v) is 4.86. The first-order valence-electron chi connectivity index (χ1n) is 7.80. The third-order valence-electron chi connectivity index (χ3n) is 4.39. The molecule has 0 atom stereocenters. The lowest BCUT2D eigenvalue weighted by Crippen LogP contribution is -2.35. The molecule has 0 unspecified atom stereocenters. The summed E-state index contributed by atoms with van der Waals surface area (Å²) >= 11 is 6.00. The molecule has 24 heavy (non-hydrogen) atoms. The van der Waals surface area contributed by atoms with E-state index in [-0.39, 0.29) is 29.1 Å². The molecule has 136 valence electrons. The zero-order chi connectivity index (χ0) is 18.1. The summed E-state index contributed by atoms with van der Waals surface area (Å²) in [5, 5.41) is 3.52. The summed E-state index contributed by atoms with van der Waals surface area (Å²) in [6.07, 6.45) is -2.45. The molecule has 1 aromatic heterocycles. The van der Waals surface area contributed by atoms with Crippen molar-refractivity contribution in [3.8, 4) is 0 Å². The Hall–Kier alpha value is -1.28. The summed E-state index contributed by atoms with van der Waals surface area (Å²) in [6.45, 7) is 1.41. The van der Waals surface area contributed by atoms with E-state index in [0.29, 0.717) is 19.5 Å².